The van der Waals surface area contributed by atoms with E-state index in [1.165, 1.54) is 6.33 Å². The van der Waals surface area contributed by atoms with Gasteiger partial charge in [-0.3, -0.25) is 14.2 Å². The van der Waals surface area contributed by atoms with Crippen molar-refractivity contribution in [1.82, 2.24) is 19.4 Å². The average molecular weight is 368 g/mol. The zero-order chi connectivity index (χ0) is 19.6. The van der Waals surface area contributed by atoms with Crippen LogP contribution in [-0.4, -0.2) is 57.4 Å². The first-order chi connectivity index (χ1) is 12.9. The second-order valence-electron chi connectivity index (χ2n) is 7.19. The van der Waals surface area contributed by atoms with Gasteiger partial charge in [0, 0.05) is 38.3 Å². The van der Waals surface area contributed by atoms with Gasteiger partial charge in [-0.1, -0.05) is 13.8 Å². The molecule has 0 N–H and O–H groups in total. The van der Waals surface area contributed by atoms with Crippen molar-refractivity contribution < 1.29 is 9.59 Å². The van der Waals surface area contributed by atoms with Crippen molar-refractivity contribution >= 4 is 28.7 Å². The first-order valence-corrected chi connectivity index (χ1v) is 9.17. The van der Waals surface area contributed by atoms with Crippen molar-refractivity contribution in [3.63, 3.8) is 0 Å². The van der Waals surface area contributed by atoms with Crippen LogP contribution >= 0.6 is 0 Å². The minimum Gasteiger partial charge on any atom is -0.359 e. The lowest BCUT2D eigenvalue weighted by molar-refractivity contribution is -0.137. The molecule has 142 valence electrons. The van der Waals surface area contributed by atoms with Crippen molar-refractivity contribution in [3.8, 4) is 6.07 Å². The molecule has 0 bridgehead atoms. The Bertz CT molecular complexity index is 897. The number of hydrogen-bond donors (Lipinski definition) is 0. The first-order valence-electron chi connectivity index (χ1n) is 9.17. The molecule has 2 aromatic heterocycles. The van der Waals surface area contributed by atoms with Gasteiger partial charge >= 0.3 is 0 Å². The molecule has 3 heterocycles. The summed E-state index contributed by atoms with van der Waals surface area (Å²) >= 11 is 0. The van der Waals surface area contributed by atoms with Crippen LogP contribution in [0.15, 0.2) is 18.6 Å². The largest absolute Gasteiger partial charge is 0.359 e. The monoisotopic (exact) mass is 368 g/mol. The Labute approximate surface area is 158 Å². The highest BCUT2D eigenvalue weighted by Crippen LogP contribution is 2.26. The molecule has 0 spiro atoms. The van der Waals surface area contributed by atoms with E-state index in [1.807, 2.05) is 37.9 Å². The van der Waals surface area contributed by atoms with E-state index < -0.39 is 0 Å². The molecule has 8 heteroatoms. The number of nitriles is 1. The standard InChI is InChI=1S/C19H24N6O2/c1-13(2)19(27)25-11-7-15-17(21-12-22-18(15)25)23(3)9-5-14-6-10-24(14)16(26)4-8-20/h7,11-14H,4-6,9-10H2,1-3H3. The molecule has 1 atom stereocenters. The van der Waals surface area contributed by atoms with E-state index in [-0.39, 0.29) is 30.2 Å². The fourth-order valence-electron chi connectivity index (χ4n) is 3.39. The molecule has 0 aliphatic carbocycles. The van der Waals surface area contributed by atoms with Crippen LogP contribution < -0.4 is 4.90 Å². The van der Waals surface area contributed by atoms with Crippen molar-refractivity contribution in [2.24, 2.45) is 5.92 Å². The van der Waals surface area contributed by atoms with Gasteiger partial charge in [0.2, 0.25) is 11.8 Å². The molecule has 0 radical (unpaired) electrons. The third kappa shape index (κ3) is 3.63. The zero-order valence-electron chi connectivity index (χ0n) is 15.9. The van der Waals surface area contributed by atoms with Crippen LogP contribution in [0.5, 0.6) is 0 Å². The summed E-state index contributed by atoms with van der Waals surface area (Å²) < 4.78 is 1.58. The SMILES string of the molecule is CC(C)C(=O)n1ccc2c(N(C)CCC3CCN3C(=O)CC#N)ncnc21. The number of anilines is 1. The molecular weight excluding hydrogens is 344 g/mol. The highest BCUT2D eigenvalue weighted by atomic mass is 16.2. The molecule has 1 fully saturated rings. The predicted octanol–water partition coefficient (Wildman–Crippen LogP) is 2.07. The number of nitrogens with zero attached hydrogens (tertiary/aromatic N) is 6. The fourth-order valence-corrected chi connectivity index (χ4v) is 3.39. The van der Waals surface area contributed by atoms with Gasteiger partial charge < -0.3 is 9.80 Å². The Morgan fingerprint density at radius 2 is 2.19 bits per heavy atom. The van der Waals surface area contributed by atoms with E-state index >= 15 is 0 Å². The van der Waals surface area contributed by atoms with Crippen LogP contribution in [0.1, 0.15) is 37.9 Å². The normalized spacial score (nSPS) is 16.3. The summed E-state index contributed by atoms with van der Waals surface area (Å²) in [7, 11) is 1.95. The van der Waals surface area contributed by atoms with E-state index in [2.05, 4.69) is 9.97 Å². The fraction of sp³-hybridized carbons (Fsp3) is 0.526. The number of hydrogen-bond acceptors (Lipinski definition) is 6. The van der Waals surface area contributed by atoms with E-state index in [9.17, 15) is 9.59 Å². The Hall–Kier alpha value is -2.95. The lowest BCUT2D eigenvalue weighted by Gasteiger charge is -2.41. The molecule has 0 saturated carbocycles. The van der Waals surface area contributed by atoms with Gasteiger partial charge in [0.1, 0.15) is 18.6 Å². The van der Waals surface area contributed by atoms with Gasteiger partial charge in [0.05, 0.1) is 11.5 Å². The molecule has 3 rings (SSSR count). The van der Waals surface area contributed by atoms with E-state index in [4.69, 9.17) is 5.26 Å². The maximum absolute atomic E-state index is 12.3. The number of amides is 1. The highest BCUT2D eigenvalue weighted by molar-refractivity contribution is 5.95. The summed E-state index contributed by atoms with van der Waals surface area (Å²) in [6.45, 7) is 5.17. The minimum atomic E-state index is -0.118. The minimum absolute atomic E-state index is 0.00146. The number of carbonyl (C=O) groups is 2. The number of aromatic nitrogens is 3. The van der Waals surface area contributed by atoms with Crippen LogP contribution in [0, 0.1) is 17.2 Å². The molecule has 8 nitrogen and oxygen atoms in total. The third-order valence-corrected chi connectivity index (χ3v) is 5.05. The number of carbonyl (C=O) groups excluding carboxylic acids is 2. The van der Waals surface area contributed by atoms with E-state index in [0.717, 1.165) is 37.1 Å². The van der Waals surface area contributed by atoms with Crippen molar-refractivity contribution in [2.45, 2.75) is 39.2 Å². The average Bonchev–Trinajstić information content (AvgIpc) is 3.04. The van der Waals surface area contributed by atoms with Crippen LogP contribution in [-0.2, 0) is 4.79 Å². The third-order valence-electron chi connectivity index (χ3n) is 5.05. The molecule has 0 aromatic carbocycles. The van der Waals surface area contributed by atoms with Gasteiger partial charge in [-0.05, 0) is 18.9 Å². The van der Waals surface area contributed by atoms with Gasteiger partial charge in [-0.15, -0.1) is 0 Å². The van der Waals surface area contributed by atoms with Gasteiger partial charge in [0.25, 0.3) is 0 Å². The smallest absolute Gasteiger partial charge is 0.237 e. The molecule has 2 aromatic rings. The summed E-state index contributed by atoms with van der Waals surface area (Å²) in [6.07, 6.45) is 4.93. The molecular formula is C19H24N6O2. The number of likely N-dealkylation sites (tertiary alicyclic amines) is 1. The van der Waals surface area contributed by atoms with E-state index in [0.29, 0.717) is 5.65 Å². The van der Waals surface area contributed by atoms with Crippen LogP contribution in [0.2, 0.25) is 0 Å². The second kappa shape index (κ2) is 7.74. The molecule has 1 unspecified atom stereocenters. The summed E-state index contributed by atoms with van der Waals surface area (Å²) in [6, 6.07) is 3.97. The predicted molar refractivity (Wildman–Crippen MR) is 101 cm³/mol. The number of rotatable bonds is 6. The maximum Gasteiger partial charge on any atom is 0.237 e. The second-order valence-corrected chi connectivity index (χ2v) is 7.19. The summed E-state index contributed by atoms with van der Waals surface area (Å²) in [5, 5.41) is 9.52. The van der Waals surface area contributed by atoms with Crippen molar-refractivity contribution in [3.05, 3.63) is 18.6 Å². The maximum atomic E-state index is 12.3. The number of fused-ring (bicyclic) bond motifs is 1. The van der Waals surface area contributed by atoms with Crippen molar-refractivity contribution in [1.29, 1.82) is 5.26 Å². The first kappa shape index (κ1) is 18.8. The highest BCUT2D eigenvalue weighted by Gasteiger charge is 2.31. The lowest BCUT2D eigenvalue weighted by Crippen LogP contribution is -2.52. The molecule has 1 aliphatic rings. The van der Waals surface area contributed by atoms with Gasteiger partial charge in [0.15, 0.2) is 5.65 Å². The zero-order valence-corrected chi connectivity index (χ0v) is 15.9. The van der Waals surface area contributed by atoms with Gasteiger partial charge in [-0.25, -0.2) is 9.97 Å². The summed E-state index contributed by atoms with van der Waals surface area (Å²) in [5.41, 5.74) is 0.611. The Morgan fingerprint density at radius 1 is 1.41 bits per heavy atom. The molecule has 1 amide bonds. The van der Waals surface area contributed by atoms with Crippen LogP contribution in [0.3, 0.4) is 0 Å². The molecule has 27 heavy (non-hydrogen) atoms. The summed E-state index contributed by atoms with van der Waals surface area (Å²) in [5.74, 6) is 0.556. The molecule has 1 aliphatic heterocycles. The lowest BCUT2D eigenvalue weighted by atomic mass is 9.99. The summed E-state index contributed by atoms with van der Waals surface area (Å²) in [4.78, 5) is 36.7. The quantitative estimate of drug-likeness (QED) is 0.774. The van der Waals surface area contributed by atoms with Crippen LogP contribution in [0.25, 0.3) is 11.0 Å². The Kier molecular flexibility index (Phi) is 5.40. The van der Waals surface area contributed by atoms with Crippen molar-refractivity contribution in [2.75, 3.05) is 25.0 Å². The molecule has 1 saturated heterocycles. The van der Waals surface area contributed by atoms with E-state index in [1.54, 1.807) is 15.7 Å². The Morgan fingerprint density at radius 3 is 2.81 bits per heavy atom. The van der Waals surface area contributed by atoms with Crippen LogP contribution in [0.4, 0.5) is 5.82 Å². The van der Waals surface area contributed by atoms with Gasteiger partial charge in [-0.2, -0.15) is 5.26 Å². The Balaban J connectivity index is 1.71. The topological polar surface area (TPSA) is 95.1 Å².